The molecule has 3 aromatic rings. The lowest BCUT2D eigenvalue weighted by Gasteiger charge is -1.93. The fraction of sp³-hybridized carbons (Fsp3) is 0.385. The van der Waals surface area contributed by atoms with Crippen LogP contribution >= 0.6 is 0 Å². The van der Waals surface area contributed by atoms with Gasteiger partial charge >= 0.3 is 0 Å². The average Bonchev–Trinajstić information content (AvgIpc) is 2.83. The summed E-state index contributed by atoms with van der Waals surface area (Å²) in [5, 5.41) is 8.25. The Morgan fingerprint density at radius 3 is 2.85 bits per heavy atom. The van der Waals surface area contributed by atoms with E-state index in [1.54, 1.807) is 12.5 Å². The maximum Gasteiger partial charge on any atom is 0.230 e. The summed E-state index contributed by atoms with van der Waals surface area (Å²) in [7, 11) is 3.84. The van der Waals surface area contributed by atoms with Crippen LogP contribution in [-0.4, -0.2) is 29.5 Å². The molecule has 0 saturated heterocycles. The molecule has 0 N–H and O–H groups in total. The molecule has 0 amide bonds. The van der Waals surface area contributed by atoms with Gasteiger partial charge in [0.2, 0.25) is 11.7 Å². The minimum Gasteiger partial charge on any atom is -0.339 e. The van der Waals surface area contributed by atoms with Crippen molar-refractivity contribution in [2.45, 2.75) is 18.3 Å². The lowest BCUT2D eigenvalue weighted by Crippen LogP contribution is -1.91. The molecule has 1 fully saturated rings. The Bertz CT molecular complexity index is 754. The molecular weight excluding hydrogens is 256 g/mol. The van der Waals surface area contributed by atoms with Crippen molar-refractivity contribution in [2.24, 2.45) is 14.1 Å². The third-order valence-electron chi connectivity index (χ3n) is 3.75. The van der Waals surface area contributed by atoms with Crippen LogP contribution in [0.5, 0.6) is 0 Å². The van der Waals surface area contributed by atoms with E-state index in [1.807, 2.05) is 35.7 Å². The Hall–Kier alpha value is -2.44. The summed E-state index contributed by atoms with van der Waals surface area (Å²) in [6.45, 7) is 0. The molecule has 20 heavy (non-hydrogen) atoms. The van der Waals surface area contributed by atoms with Crippen LogP contribution in [0.25, 0.3) is 11.5 Å². The van der Waals surface area contributed by atoms with Gasteiger partial charge in [0.25, 0.3) is 0 Å². The van der Waals surface area contributed by atoms with Crippen molar-refractivity contribution in [2.75, 3.05) is 0 Å². The first kappa shape index (κ1) is 11.4. The number of imidazole rings is 1. The predicted molar refractivity (Wildman–Crippen MR) is 69.8 cm³/mol. The average molecular weight is 270 g/mol. The second-order valence-electron chi connectivity index (χ2n) is 5.24. The molecule has 1 aliphatic rings. The van der Waals surface area contributed by atoms with E-state index in [-0.39, 0.29) is 0 Å². The Labute approximate surface area is 115 Å². The molecule has 0 bridgehead atoms. The molecule has 102 valence electrons. The molecule has 0 spiro atoms. The molecule has 0 unspecified atom stereocenters. The van der Waals surface area contributed by atoms with Crippen molar-refractivity contribution < 1.29 is 4.52 Å². The van der Waals surface area contributed by atoms with Gasteiger partial charge in [-0.05, 0) is 17.9 Å². The second kappa shape index (κ2) is 4.03. The molecule has 3 heterocycles. The van der Waals surface area contributed by atoms with Crippen molar-refractivity contribution in [1.29, 1.82) is 0 Å². The molecule has 2 atom stereocenters. The minimum absolute atomic E-state index is 0.314. The first-order valence-electron chi connectivity index (χ1n) is 6.51. The number of hydrogen-bond acceptors (Lipinski definition) is 5. The van der Waals surface area contributed by atoms with Crippen molar-refractivity contribution in [3.8, 4) is 11.5 Å². The van der Waals surface area contributed by atoms with E-state index in [4.69, 9.17) is 4.52 Å². The van der Waals surface area contributed by atoms with Crippen LogP contribution < -0.4 is 0 Å². The van der Waals surface area contributed by atoms with E-state index >= 15 is 0 Å². The Kier molecular flexibility index (Phi) is 2.29. The number of aryl methyl sites for hydroxylation is 2. The van der Waals surface area contributed by atoms with Gasteiger partial charge in [-0.15, -0.1) is 0 Å². The van der Waals surface area contributed by atoms with E-state index < -0.39 is 0 Å². The van der Waals surface area contributed by atoms with E-state index in [0.29, 0.717) is 23.6 Å². The smallest absolute Gasteiger partial charge is 0.230 e. The zero-order valence-corrected chi connectivity index (χ0v) is 11.3. The number of nitrogens with zero attached hydrogens (tertiary/aromatic N) is 6. The highest BCUT2D eigenvalue weighted by molar-refractivity contribution is 5.47. The van der Waals surface area contributed by atoms with Crippen LogP contribution in [-0.2, 0) is 14.1 Å². The number of hydrogen-bond donors (Lipinski definition) is 0. The fourth-order valence-corrected chi connectivity index (χ4v) is 2.53. The molecule has 7 nitrogen and oxygen atoms in total. The summed E-state index contributed by atoms with van der Waals surface area (Å²) < 4.78 is 9.09. The van der Waals surface area contributed by atoms with Gasteiger partial charge in [-0.25, -0.2) is 4.98 Å². The second-order valence-corrected chi connectivity index (χ2v) is 5.24. The minimum atomic E-state index is 0.314. The summed E-state index contributed by atoms with van der Waals surface area (Å²) in [5.74, 6) is 2.06. The standard InChI is InChI=1S/C13H14N6O/c1-18-7-14-5-11(18)12-16-13(20-17-12)10-3-9(10)8-4-15-19(2)6-8/h4-7,9-10H,3H2,1-2H3/t9-,10+/m0/s1. The van der Waals surface area contributed by atoms with E-state index in [9.17, 15) is 0 Å². The number of rotatable bonds is 3. The number of aromatic nitrogens is 6. The monoisotopic (exact) mass is 270 g/mol. The van der Waals surface area contributed by atoms with Gasteiger partial charge in [0.05, 0.1) is 18.7 Å². The highest BCUT2D eigenvalue weighted by Crippen LogP contribution is 2.54. The van der Waals surface area contributed by atoms with Crippen LogP contribution in [0.4, 0.5) is 0 Å². The Morgan fingerprint density at radius 2 is 2.15 bits per heavy atom. The summed E-state index contributed by atoms with van der Waals surface area (Å²) in [6.07, 6.45) is 8.45. The summed E-state index contributed by atoms with van der Waals surface area (Å²) >= 11 is 0. The molecule has 3 aromatic heterocycles. The molecule has 7 heteroatoms. The zero-order valence-electron chi connectivity index (χ0n) is 11.3. The van der Waals surface area contributed by atoms with Crippen molar-refractivity contribution in [3.63, 3.8) is 0 Å². The van der Waals surface area contributed by atoms with Crippen LogP contribution in [0.15, 0.2) is 29.4 Å². The first-order chi connectivity index (χ1) is 9.72. The maximum atomic E-state index is 5.40. The van der Waals surface area contributed by atoms with Gasteiger partial charge in [-0.2, -0.15) is 10.1 Å². The lowest BCUT2D eigenvalue weighted by molar-refractivity contribution is 0.378. The maximum absolute atomic E-state index is 5.40. The topological polar surface area (TPSA) is 74.6 Å². The van der Waals surface area contributed by atoms with Gasteiger partial charge in [0, 0.05) is 26.2 Å². The van der Waals surface area contributed by atoms with Crippen LogP contribution in [0.2, 0.25) is 0 Å². The molecular formula is C13H14N6O. The highest BCUT2D eigenvalue weighted by atomic mass is 16.5. The SMILES string of the molecule is Cn1cc([C@@H]2C[C@H]2c2nc(-c3cncn3C)no2)cn1. The Balaban J connectivity index is 1.57. The van der Waals surface area contributed by atoms with Gasteiger partial charge in [-0.3, -0.25) is 4.68 Å². The molecule has 0 aliphatic heterocycles. The summed E-state index contributed by atoms with van der Waals surface area (Å²) in [6, 6.07) is 0. The van der Waals surface area contributed by atoms with E-state index in [1.165, 1.54) is 5.56 Å². The zero-order chi connectivity index (χ0) is 13.7. The molecule has 0 aromatic carbocycles. The fourth-order valence-electron chi connectivity index (χ4n) is 2.53. The normalized spacial score (nSPS) is 21.3. The molecule has 1 aliphatic carbocycles. The van der Waals surface area contributed by atoms with Crippen LogP contribution in [0.3, 0.4) is 0 Å². The van der Waals surface area contributed by atoms with Crippen LogP contribution in [0, 0.1) is 0 Å². The lowest BCUT2D eigenvalue weighted by atomic mass is 10.2. The van der Waals surface area contributed by atoms with E-state index in [2.05, 4.69) is 20.2 Å². The molecule has 1 saturated carbocycles. The first-order valence-corrected chi connectivity index (χ1v) is 6.51. The van der Waals surface area contributed by atoms with Crippen molar-refractivity contribution in [3.05, 3.63) is 36.4 Å². The van der Waals surface area contributed by atoms with Crippen molar-refractivity contribution in [1.82, 2.24) is 29.5 Å². The largest absolute Gasteiger partial charge is 0.339 e. The third kappa shape index (κ3) is 1.74. The van der Waals surface area contributed by atoms with Gasteiger partial charge in [0.15, 0.2) is 0 Å². The van der Waals surface area contributed by atoms with E-state index in [0.717, 1.165) is 12.1 Å². The quantitative estimate of drug-likeness (QED) is 0.720. The third-order valence-corrected chi connectivity index (χ3v) is 3.75. The van der Waals surface area contributed by atoms with Crippen LogP contribution in [0.1, 0.15) is 29.7 Å². The molecule has 0 radical (unpaired) electrons. The van der Waals surface area contributed by atoms with Gasteiger partial charge < -0.3 is 9.09 Å². The predicted octanol–water partition coefficient (Wildman–Crippen LogP) is 1.47. The van der Waals surface area contributed by atoms with Gasteiger partial charge in [-0.1, -0.05) is 5.16 Å². The van der Waals surface area contributed by atoms with Crippen molar-refractivity contribution >= 4 is 0 Å². The van der Waals surface area contributed by atoms with Gasteiger partial charge in [0.1, 0.15) is 5.69 Å². The molecule has 4 rings (SSSR count). The Morgan fingerprint density at radius 1 is 1.25 bits per heavy atom. The summed E-state index contributed by atoms with van der Waals surface area (Å²) in [4.78, 5) is 8.56. The highest BCUT2D eigenvalue weighted by Gasteiger charge is 2.44. The summed E-state index contributed by atoms with van der Waals surface area (Å²) in [5.41, 5.74) is 2.09.